The van der Waals surface area contributed by atoms with E-state index in [4.69, 9.17) is 4.74 Å². The first-order valence-corrected chi connectivity index (χ1v) is 6.84. The fraction of sp³-hybridized carbons (Fsp3) is 0.312. The summed E-state index contributed by atoms with van der Waals surface area (Å²) < 4.78 is 32.0. The number of nitrogens with zero attached hydrogens (tertiary/aromatic N) is 1. The molecule has 0 radical (unpaired) electrons. The summed E-state index contributed by atoms with van der Waals surface area (Å²) >= 11 is 0. The van der Waals surface area contributed by atoms with Gasteiger partial charge in [0.25, 0.3) is 0 Å². The van der Waals surface area contributed by atoms with Gasteiger partial charge >= 0.3 is 0 Å². The van der Waals surface area contributed by atoms with Crippen LogP contribution in [0.2, 0.25) is 0 Å². The summed E-state index contributed by atoms with van der Waals surface area (Å²) in [6, 6.07) is 7.35. The molecule has 112 valence electrons. The van der Waals surface area contributed by atoms with Crippen LogP contribution < -0.4 is 10.1 Å². The average molecular weight is 292 g/mol. The van der Waals surface area contributed by atoms with E-state index in [1.54, 1.807) is 12.3 Å². The van der Waals surface area contributed by atoms with E-state index in [1.165, 1.54) is 12.1 Å². The van der Waals surface area contributed by atoms with Gasteiger partial charge in [-0.15, -0.1) is 0 Å². The van der Waals surface area contributed by atoms with Crippen molar-refractivity contribution in [3.63, 3.8) is 0 Å². The van der Waals surface area contributed by atoms with Crippen LogP contribution in [0.3, 0.4) is 0 Å². The third-order valence-corrected chi connectivity index (χ3v) is 2.81. The Morgan fingerprint density at radius 3 is 2.81 bits per heavy atom. The van der Waals surface area contributed by atoms with E-state index in [9.17, 15) is 8.78 Å². The normalized spacial score (nSPS) is 10.9. The van der Waals surface area contributed by atoms with Crippen molar-refractivity contribution in [3.8, 4) is 11.6 Å². The first-order chi connectivity index (χ1) is 10.1. The maximum absolute atomic E-state index is 13.5. The predicted molar refractivity (Wildman–Crippen MR) is 77.2 cm³/mol. The van der Waals surface area contributed by atoms with Gasteiger partial charge in [-0.2, -0.15) is 4.39 Å². The fourth-order valence-corrected chi connectivity index (χ4v) is 1.80. The zero-order chi connectivity index (χ0) is 15.2. The first kappa shape index (κ1) is 15.4. The molecule has 0 aliphatic carbocycles. The number of aromatic nitrogens is 1. The lowest BCUT2D eigenvalue weighted by Crippen LogP contribution is -2.18. The van der Waals surface area contributed by atoms with E-state index in [0.717, 1.165) is 18.2 Å². The number of ether oxygens (including phenoxy) is 1. The van der Waals surface area contributed by atoms with Crippen molar-refractivity contribution >= 4 is 0 Å². The molecule has 21 heavy (non-hydrogen) atoms. The van der Waals surface area contributed by atoms with E-state index in [0.29, 0.717) is 12.5 Å². The van der Waals surface area contributed by atoms with Crippen LogP contribution in [0.1, 0.15) is 19.4 Å². The van der Waals surface area contributed by atoms with Crippen LogP contribution in [0.4, 0.5) is 8.78 Å². The zero-order valence-electron chi connectivity index (χ0n) is 12.1. The second-order valence-corrected chi connectivity index (χ2v) is 5.18. The van der Waals surface area contributed by atoms with Gasteiger partial charge in [0.1, 0.15) is 0 Å². The van der Waals surface area contributed by atoms with Gasteiger partial charge in [-0.25, -0.2) is 9.37 Å². The molecule has 1 aromatic heterocycles. The summed E-state index contributed by atoms with van der Waals surface area (Å²) in [5.74, 6) is -1.33. The summed E-state index contributed by atoms with van der Waals surface area (Å²) in [7, 11) is 0. The van der Waals surface area contributed by atoms with E-state index in [2.05, 4.69) is 24.1 Å². The van der Waals surface area contributed by atoms with Crippen molar-refractivity contribution in [2.75, 3.05) is 6.54 Å². The Labute approximate surface area is 123 Å². The monoisotopic (exact) mass is 292 g/mol. The Morgan fingerprint density at radius 1 is 1.24 bits per heavy atom. The second-order valence-electron chi connectivity index (χ2n) is 5.18. The minimum absolute atomic E-state index is 0.171. The van der Waals surface area contributed by atoms with Crippen LogP contribution in [-0.4, -0.2) is 11.5 Å². The van der Waals surface area contributed by atoms with Crippen molar-refractivity contribution in [2.24, 2.45) is 5.92 Å². The molecule has 0 saturated carbocycles. The zero-order valence-corrected chi connectivity index (χ0v) is 12.1. The molecule has 0 bridgehead atoms. The van der Waals surface area contributed by atoms with Gasteiger partial charge in [0, 0.05) is 18.8 Å². The highest BCUT2D eigenvalue weighted by Gasteiger charge is 2.10. The van der Waals surface area contributed by atoms with Crippen molar-refractivity contribution in [1.82, 2.24) is 10.3 Å². The molecule has 0 aliphatic heterocycles. The van der Waals surface area contributed by atoms with Crippen LogP contribution in [-0.2, 0) is 6.54 Å². The van der Waals surface area contributed by atoms with Gasteiger partial charge in [-0.1, -0.05) is 19.9 Å². The maximum Gasteiger partial charge on any atom is 0.219 e. The molecule has 1 heterocycles. The summed E-state index contributed by atoms with van der Waals surface area (Å²) in [4.78, 5) is 4.01. The van der Waals surface area contributed by atoms with Gasteiger partial charge in [0.05, 0.1) is 0 Å². The molecule has 3 nitrogen and oxygen atoms in total. The van der Waals surface area contributed by atoms with Gasteiger partial charge in [0.15, 0.2) is 11.6 Å². The molecule has 2 rings (SSSR count). The van der Waals surface area contributed by atoms with E-state index in [-0.39, 0.29) is 11.6 Å². The van der Waals surface area contributed by atoms with Crippen LogP contribution >= 0.6 is 0 Å². The molecule has 0 atom stereocenters. The number of hydrogen-bond acceptors (Lipinski definition) is 3. The first-order valence-electron chi connectivity index (χ1n) is 6.84. The summed E-state index contributed by atoms with van der Waals surface area (Å²) in [5.41, 5.74) is 0.970. The molecule has 0 fully saturated rings. The molecule has 0 saturated heterocycles. The van der Waals surface area contributed by atoms with Gasteiger partial charge in [-0.3, -0.25) is 0 Å². The van der Waals surface area contributed by atoms with E-state index >= 15 is 0 Å². The molecular formula is C16H18F2N2O. The topological polar surface area (TPSA) is 34.2 Å². The van der Waals surface area contributed by atoms with Crippen LogP contribution in [0.25, 0.3) is 0 Å². The number of halogens is 2. The lowest BCUT2D eigenvalue weighted by molar-refractivity contribution is 0.405. The molecule has 1 N–H and O–H groups in total. The highest BCUT2D eigenvalue weighted by atomic mass is 19.2. The molecule has 1 aromatic carbocycles. The van der Waals surface area contributed by atoms with Crippen LogP contribution in [0.15, 0.2) is 36.5 Å². The van der Waals surface area contributed by atoms with Gasteiger partial charge in [-0.05, 0) is 36.2 Å². The number of benzene rings is 1. The van der Waals surface area contributed by atoms with Gasteiger partial charge < -0.3 is 10.1 Å². The summed E-state index contributed by atoms with van der Waals surface area (Å²) in [6.45, 7) is 5.82. The minimum Gasteiger partial charge on any atom is -0.436 e. The summed E-state index contributed by atoms with van der Waals surface area (Å²) in [6.07, 6.45) is 1.58. The minimum atomic E-state index is -1.01. The molecule has 5 heteroatoms. The van der Waals surface area contributed by atoms with Crippen molar-refractivity contribution in [3.05, 3.63) is 53.7 Å². The van der Waals surface area contributed by atoms with Crippen molar-refractivity contribution < 1.29 is 13.5 Å². The van der Waals surface area contributed by atoms with Gasteiger partial charge in [0.2, 0.25) is 11.7 Å². The Morgan fingerprint density at radius 2 is 2.05 bits per heavy atom. The Hall–Kier alpha value is -2.01. The quantitative estimate of drug-likeness (QED) is 0.877. The van der Waals surface area contributed by atoms with Crippen LogP contribution in [0, 0.1) is 17.6 Å². The number of pyridine rings is 1. The molecule has 0 amide bonds. The predicted octanol–water partition coefficient (Wildman–Crippen LogP) is 3.90. The standard InChI is InChI=1S/C16H18F2N2O/c1-11(2)9-19-10-12-6-7-20-15(8-12)21-14-5-3-4-13(17)16(14)18/h3-8,11,19H,9-10H2,1-2H3. The SMILES string of the molecule is CC(C)CNCc1ccnc(Oc2cccc(F)c2F)c1. The number of rotatable bonds is 6. The van der Waals surface area contributed by atoms with Crippen molar-refractivity contribution in [1.29, 1.82) is 0 Å². The lowest BCUT2D eigenvalue weighted by atomic mass is 10.2. The Bertz CT molecular complexity index is 603. The smallest absolute Gasteiger partial charge is 0.219 e. The molecular weight excluding hydrogens is 274 g/mol. The Balaban J connectivity index is 2.05. The third-order valence-electron chi connectivity index (χ3n) is 2.81. The fourth-order valence-electron chi connectivity index (χ4n) is 1.80. The molecule has 0 unspecified atom stereocenters. The van der Waals surface area contributed by atoms with E-state index < -0.39 is 11.6 Å². The molecule has 0 spiro atoms. The third kappa shape index (κ3) is 4.49. The second kappa shape index (κ2) is 7.13. The number of nitrogens with one attached hydrogen (secondary N) is 1. The van der Waals surface area contributed by atoms with Crippen molar-refractivity contribution in [2.45, 2.75) is 20.4 Å². The Kier molecular flexibility index (Phi) is 5.22. The van der Waals surface area contributed by atoms with Crippen LogP contribution in [0.5, 0.6) is 11.6 Å². The number of hydrogen-bond donors (Lipinski definition) is 1. The average Bonchev–Trinajstić information content (AvgIpc) is 2.44. The maximum atomic E-state index is 13.5. The summed E-state index contributed by atoms with van der Waals surface area (Å²) in [5, 5.41) is 3.30. The molecule has 2 aromatic rings. The van der Waals surface area contributed by atoms with E-state index in [1.807, 2.05) is 6.07 Å². The highest BCUT2D eigenvalue weighted by molar-refractivity contribution is 5.30. The largest absolute Gasteiger partial charge is 0.436 e. The molecule has 0 aliphatic rings. The lowest BCUT2D eigenvalue weighted by Gasteiger charge is -2.09. The highest BCUT2D eigenvalue weighted by Crippen LogP contribution is 2.24.